The molecular formula is C15H11BrF3NO2. The lowest BCUT2D eigenvalue weighted by molar-refractivity contribution is -0.153. The molecule has 116 valence electrons. The van der Waals surface area contributed by atoms with Gasteiger partial charge in [0.05, 0.1) is 5.69 Å². The van der Waals surface area contributed by atoms with Gasteiger partial charge < -0.3 is 10.1 Å². The molecule has 0 saturated heterocycles. The number of halogens is 4. The van der Waals surface area contributed by atoms with Crippen molar-refractivity contribution < 1.29 is 22.7 Å². The van der Waals surface area contributed by atoms with E-state index in [2.05, 4.69) is 21.2 Å². The number of hydrogen-bond donors (Lipinski definition) is 1. The minimum Gasteiger partial charge on any atom is -0.482 e. The molecule has 0 bridgehead atoms. The largest absolute Gasteiger partial charge is 0.482 e. The number of anilines is 1. The van der Waals surface area contributed by atoms with Gasteiger partial charge in [-0.2, -0.15) is 13.2 Å². The van der Waals surface area contributed by atoms with Crippen LogP contribution in [0.15, 0.2) is 53.0 Å². The molecule has 1 amide bonds. The standard InChI is InChI=1S/C15H11BrF3NO2/c16-11-7-5-10(6-8-11)14(21)20-12-3-1-2-4-13(12)22-9-15(17,18)19/h1-8H,9H2,(H,20,21). The zero-order chi connectivity index (χ0) is 16.2. The van der Waals surface area contributed by atoms with E-state index in [4.69, 9.17) is 4.74 Å². The van der Waals surface area contributed by atoms with E-state index in [1.165, 1.54) is 18.2 Å². The van der Waals surface area contributed by atoms with Gasteiger partial charge in [-0.3, -0.25) is 4.79 Å². The summed E-state index contributed by atoms with van der Waals surface area (Å²) in [5.74, 6) is -0.471. The molecule has 0 unspecified atom stereocenters. The number of ether oxygens (including phenoxy) is 1. The Labute approximate surface area is 133 Å². The molecule has 2 rings (SSSR count). The number of hydrogen-bond acceptors (Lipinski definition) is 2. The van der Waals surface area contributed by atoms with Crippen molar-refractivity contribution in [3.8, 4) is 5.75 Å². The molecule has 0 aliphatic carbocycles. The van der Waals surface area contributed by atoms with Crippen molar-refractivity contribution in [2.75, 3.05) is 11.9 Å². The fourth-order valence-corrected chi connectivity index (χ4v) is 1.92. The van der Waals surface area contributed by atoms with E-state index in [9.17, 15) is 18.0 Å². The lowest BCUT2D eigenvalue weighted by atomic mass is 10.2. The van der Waals surface area contributed by atoms with E-state index in [-0.39, 0.29) is 11.4 Å². The van der Waals surface area contributed by atoms with E-state index >= 15 is 0 Å². The molecule has 22 heavy (non-hydrogen) atoms. The van der Waals surface area contributed by atoms with Crippen molar-refractivity contribution in [1.29, 1.82) is 0 Å². The van der Waals surface area contributed by atoms with Gasteiger partial charge in [0.2, 0.25) is 0 Å². The van der Waals surface area contributed by atoms with Gasteiger partial charge in [-0.15, -0.1) is 0 Å². The number of para-hydroxylation sites is 2. The van der Waals surface area contributed by atoms with Crippen molar-refractivity contribution in [1.82, 2.24) is 0 Å². The molecule has 7 heteroatoms. The minimum atomic E-state index is -4.44. The molecule has 0 spiro atoms. The molecule has 0 atom stereocenters. The topological polar surface area (TPSA) is 38.3 Å². The van der Waals surface area contributed by atoms with Gasteiger partial charge in [0.25, 0.3) is 5.91 Å². The number of rotatable bonds is 4. The Bertz CT molecular complexity index is 657. The van der Waals surface area contributed by atoms with Crippen LogP contribution in [-0.4, -0.2) is 18.7 Å². The number of amides is 1. The summed E-state index contributed by atoms with van der Waals surface area (Å²) < 4.78 is 42.2. The lowest BCUT2D eigenvalue weighted by Crippen LogP contribution is -2.20. The van der Waals surface area contributed by atoms with Crippen molar-refractivity contribution >= 4 is 27.5 Å². The summed E-state index contributed by atoms with van der Waals surface area (Å²) in [4.78, 5) is 12.1. The van der Waals surface area contributed by atoms with Crippen molar-refractivity contribution in [3.63, 3.8) is 0 Å². The van der Waals surface area contributed by atoms with Crippen molar-refractivity contribution in [3.05, 3.63) is 58.6 Å². The highest BCUT2D eigenvalue weighted by atomic mass is 79.9. The third-order valence-electron chi connectivity index (χ3n) is 2.63. The average molecular weight is 374 g/mol. The predicted octanol–water partition coefficient (Wildman–Crippen LogP) is 4.64. The average Bonchev–Trinajstić information content (AvgIpc) is 2.46. The summed E-state index contributed by atoms with van der Waals surface area (Å²) in [6.07, 6.45) is -4.44. The smallest absolute Gasteiger partial charge is 0.422 e. The number of benzene rings is 2. The highest BCUT2D eigenvalue weighted by molar-refractivity contribution is 9.10. The molecule has 0 aromatic heterocycles. The number of carbonyl (C=O) groups excluding carboxylic acids is 1. The zero-order valence-corrected chi connectivity index (χ0v) is 12.7. The van der Waals surface area contributed by atoms with Crippen LogP contribution in [0.25, 0.3) is 0 Å². The molecular weight excluding hydrogens is 363 g/mol. The summed E-state index contributed by atoms with van der Waals surface area (Å²) in [6, 6.07) is 12.5. The van der Waals surface area contributed by atoms with Crippen LogP contribution >= 0.6 is 15.9 Å². The van der Waals surface area contributed by atoms with Gasteiger partial charge in [0.1, 0.15) is 5.75 Å². The molecule has 0 heterocycles. The van der Waals surface area contributed by atoms with Gasteiger partial charge in [0.15, 0.2) is 6.61 Å². The second-order valence-electron chi connectivity index (χ2n) is 4.36. The molecule has 0 saturated carbocycles. The van der Waals surface area contributed by atoms with Crippen molar-refractivity contribution in [2.45, 2.75) is 6.18 Å². The van der Waals surface area contributed by atoms with Crippen LogP contribution in [0.5, 0.6) is 5.75 Å². The summed E-state index contributed by atoms with van der Waals surface area (Å²) in [5, 5.41) is 2.54. The van der Waals surface area contributed by atoms with Gasteiger partial charge in [-0.25, -0.2) is 0 Å². The second kappa shape index (κ2) is 6.83. The highest BCUT2D eigenvalue weighted by Gasteiger charge is 2.28. The molecule has 0 aliphatic heterocycles. The van der Waals surface area contributed by atoms with Crippen LogP contribution in [-0.2, 0) is 0 Å². The van der Waals surface area contributed by atoms with E-state index < -0.39 is 18.7 Å². The van der Waals surface area contributed by atoms with Gasteiger partial charge in [-0.1, -0.05) is 28.1 Å². The van der Waals surface area contributed by atoms with Crippen LogP contribution in [0.2, 0.25) is 0 Å². The van der Waals surface area contributed by atoms with Crippen molar-refractivity contribution in [2.24, 2.45) is 0 Å². The zero-order valence-electron chi connectivity index (χ0n) is 11.2. The lowest BCUT2D eigenvalue weighted by Gasteiger charge is -2.13. The fraction of sp³-hybridized carbons (Fsp3) is 0.133. The first-order valence-electron chi connectivity index (χ1n) is 6.21. The normalized spacial score (nSPS) is 11.1. The van der Waals surface area contributed by atoms with E-state index in [1.807, 2.05) is 0 Å². The SMILES string of the molecule is O=C(Nc1ccccc1OCC(F)(F)F)c1ccc(Br)cc1. The molecule has 2 aromatic rings. The molecule has 0 radical (unpaired) electrons. The molecule has 1 N–H and O–H groups in total. The summed E-state index contributed by atoms with van der Waals surface area (Å²) >= 11 is 3.25. The van der Waals surface area contributed by atoms with Crippen LogP contribution in [0.1, 0.15) is 10.4 Å². The minimum absolute atomic E-state index is 0.0368. The maximum atomic E-state index is 12.2. The monoisotopic (exact) mass is 373 g/mol. The van der Waals surface area contributed by atoms with E-state index in [1.54, 1.807) is 30.3 Å². The van der Waals surface area contributed by atoms with Crippen LogP contribution in [0.4, 0.5) is 18.9 Å². The summed E-state index contributed by atoms with van der Waals surface area (Å²) in [7, 11) is 0. The first-order valence-corrected chi connectivity index (χ1v) is 7.00. The Kier molecular flexibility index (Phi) is 5.07. The Hall–Kier alpha value is -2.02. The second-order valence-corrected chi connectivity index (χ2v) is 5.28. The first-order chi connectivity index (χ1) is 10.3. The third kappa shape index (κ3) is 4.77. The maximum absolute atomic E-state index is 12.2. The van der Waals surface area contributed by atoms with Gasteiger partial charge in [-0.05, 0) is 36.4 Å². The Balaban J connectivity index is 2.12. The molecule has 3 nitrogen and oxygen atoms in total. The number of carbonyl (C=O) groups is 1. The number of alkyl halides is 3. The highest BCUT2D eigenvalue weighted by Crippen LogP contribution is 2.26. The quantitative estimate of drug-likeness (QED) is 0.847. The van der Waals surface area contributed by atoms with Gasteiger partial charge in [0, 0.05) is 10.0 Å². The third-order valence-corrected chi connectivity index (χ3v) is 3.16. The summed E-state index contributed by atoms with van der Waals surface area (Å²) in [6.45, 7) is -1.42. The Morgan fingerprint density at radius 3 is 2.36 bits per heavy atom. The molecule has 0 fully saturated rings. The predicted molar refractivity (Wildman–Crippen MR) is 80.1 cm³/mol. The van der Waals surface area contributed by atoms with Gasteiger partial charge >= 0.3 is 6.18 Å². The van der Waals surface area contributed by atoms with Crippen LogP contribution in [0.3, 0.4) is 0 Å². The fourth-order valence-electron chi connectivity index (χ4n) is 1.65. The molecule has 0 aliphatic rings. The Morgan fingerprint density at radius 2 is 1.73 bits per heavy atom. The number of nitrogens with one attached hydrogen (secondary N) is 1. The van der Waals surface area contributed by atoms with E-state index in [0.717, 1.165) is 4.47 Å². The van der Waals surface area contributed by atoms with Crippen LogP contribution < -0.4 is 10.1 Å². The maximum Gasteiger partial charge on any atom is 0.422 e. The Morgan fingerprint density at radius 1 is 1.09 bits per heavy atom. The van der Waals surface area contributed by atoms with Crippen LogP contribution in [0, 0.1) is 0 Å². The summed E-state index contributed by atoms with van der Waals surface area (Å²) in [5.41, 5.74) is 0.563. The molecule has 2 aromatic carbocycles. The van der Waals surface area contributed by atoms with E-state index in [0.29, 0.717) is 5.56 Å². The first kappa shape index (κ1) is 16.4.